The molecule has 0 aliphatic rings. The van der Waals surface area contributed by atoms with Crippen molar-refractivity contribution in [2.24, 2.45) is 0 Å². The number of sulfonamides is 1. The molecular formula is C14H22Cl2N2O2S. The van der Waals surface area contributed by atoms with Gasteiger partial charge in [0.1, 0.15) is 4.90 Å². The first kappa shape index (κ1) is 18.7. The van der Waals surface area contributed by atoms with E-state index in [2.05, 4.69) is 5.32 Å². The first-order valence-electron chi connectivity index (χ1n) is 6.76. The maximum Gasteiger partial charge on any atom is 0.244 e. The number of hydrogen-bond acceptors (Lipinski definition) is 3. The van der Waals surface area contributed by atoms with Crippen LogP contribution in [0.5, 0.6) is 0 Å². The average Bonchev–Trinajstić information content (AvgIpc) is 2.35. The van der Waals surface area contributed by atoms with Gasteiger partial charge in [-0.3, -0.25) is 0 Å². The Kier molecular flexibility index (Phi) is 6.50. The minimum Gasteiger partial charge on any atom is -0.310 e. The van der Waals surface area contributed by atoms with Gasteiger partial charge in [0, 0.05) is 30.7 Å². The third kappa shape index (κ3) is 4.57. The van der Waals surface area contributed by atoms with Gasteiger partial charge in [-0.15, -0.1) is 0 Å². The fourth-order valence-electron chi connectivity index (χ4n) is 1.65. The lowest BCUT2D eigenvalue weighted by Gasteiger charge is -2.22. The Morgan fingerprint density at radius 1 is 1.14 bits per heavy atom. The highest BCUT2D eigenvalue weighted by Crippen LogP contribution is 2.30. The Hall–Kier alpha value is -0.330. The van der Waals surface area contributed by atoms with Crippen LogP contribution in [0.15, 0.2) is 17.0 Å². The first-order chi connectivity index (χ1) is 9.57. The number of hydrogen-bond donors (Lipinski definition) is 1. The van der Waals surface area contributed by atoms with Gasteiger partial charge in [0.15, 0.2) is 0 Å². The van der Waals surface area contributed by atoms with E-state index in [1.54, 1.807) is 6.07 Å². The van der Waals surface area contributed by atoms with Crippen molar-refractivity contribution >= 4 is 33.2 Å². The maximum absolute atomic E-state index is 12.6. The van der Waals surface area contributed by atoms with Crippen LogP contribution in [0, 0.1) is 0 Å². The molecule has 7 heteroatoms. The van der Waals surface area contributed by atoms with E-state index in [0.717, 1.165) is 0 Å². The molecule has 21 heavy (non-hydrogen) atoms. The lowest BCUT2D eigenvalue weighted by atomic mass is 10.2. The van der Waals surface area contributed by atoms with Crippen molar-refractivity contribution in [2.75, 3.05) is 7.05 Å². The number of halogens is 2. The van der Waals surface area contributed by atoms with E-state index in [1.165, 1.54) is 17.4 Å². The molecule has 120 valence electrons. The second-order valence-electron chi connectivity index (χ2n) is 5.52. The highest BCUT2D eigenvalue weighted by atomic mass is 35.5. The van der Waals surface area contributed by atoms with Crippen LogP contribution in [-0.4, -0.2) is 31.9 Å². The van der Waals surface area contributed by atoms with Crippen LogP contribution < -0.4 is 5.32 Å². The largest absolute Gasteiger partial charge is 0.310 e. The smallest absolute Gasteiger partial charge is 0.244 e. The van der Waals surface area contributed by atoms with Crippen LogP contribution in [0.3, 0.4) is 0 Å². The van der Waals surface area contributed by atoms with Crippen molar-refractivity contribution in [1.82, 2.24) is 9.62 Å². The zero-order valence-electron chi connectivity index (χ0n) is 12.9. The summed E-state index contributed by atoms with van der Waals surface area (Å²) < 4.78 is 26.4. The molecule has 0 saturated carbocycles. The molecule has 1 aromatic carbocycles. The van der Waals surface area contributed by atoms with E-state index in [4.69, 9.17) is 23.2 Å². The van der Waals surface area contributed by atoms with E-state index >= 15 is 0 Å². The first-order valence-corrected chi connectivity index (χ1v) is 8.96. The maximum atomic E-state index is 12.6. The van der Waals surface area contributed by atoms with Gasteiger partial charge in [-0.05, 0) is 31.5 Å². The van der Waals surface area contributed by atoms with Crippen molar-refractivity contribution in [3.05, 3.63) is 27.7 Å². The van der Waals surface area contributed by atoms with E-state index in [-0.39, 0.29) is 22.0 Å². The van der Waals surface area contributed by atoms with E-state index < -0.39 is 10.0 Å². The number of rotatable bonds is 6. The minimum atomic E-state index is -3.63. The van der Waals surface area contributed by atoms with E-state index in [1.807, 2.05) is 27.7 Å². The quantitative estimate of drug-likeness (QED) is 0.851. The topological polar surface area (TPSA) is 49.4 Å². The lowest BCUT2D eigenvalue weighted by molar-refractivity contribution is 0.410. The second kappa shape index (κ2) is 7.29. The summed E-state index contributed by atoms with van der Waals surface area (Å²) in [7, 11) is -2.09. The fraction of sp³-hybridized carbons (Fsp3) is 0.571. The van der Waals surface area contributed by atoms with Gasteiger partial charge in [0.2, 0.25) is 10.0 Å². The predicted octanol–water partition coefficient (Wildman–Crippen LogP) is 3.52. The molecule has 0 bridgehead atoms. The molecule has 1 N–H and O–H groups in total. The van der Waals surface area contributed by atoms with Crippen molar-refractivity contribution in [1.29, 1.82) is 0 Å². The summed E-state index contributed by atoms with van der Waals surface area (Å²) in [4.78, 5) is 0.0883. The molecule has 0 atom stereocenters. The number of benzene rings is 1. The molecular weight excluding hydrogens is 331 g/mol. The fourth-order valence-corrected chi connectivity index (χ4v) is 3.86. The highest BCUT2D eigenvalue weighted by molar-refractivity contribution is 7.89. The minimum absolute atomic E-state index is 0.0883. The van der Waals surface area contributed by atoms with Crippen molar-refractivity contribution < 1.29 is 8.42 Å². The zero-order valence-corrected chi connectivity index (χ0v) is 15.3. The second-order valence-corrected chi connectivity index (χ2v) is 8.30. The summed E-state index contributed by atoms with van der Waals surface area (Å²) in [5.74, 6) is 0. The van der Waals surface area contributed by atoms with Crippen LogP contribution in [0.2, 0.25) is 10.0 Å². The SMILES string of the molecule is CC(C)NCc1cc(S(=O)(=O)N(C)C(C)C)c(Cl)cc1Cl. The van der Waals surface area contributed by atoms with Crippen molar-refractivity contribution in [2.45, 2.75) is 51.2 Å². The molecule has 0 saturated heterocycles. The zero-order chi connectivity index (χ0) is 16.4. The number of nitrogens with one attached hydrogen (secondary N) is 1. The Labute approximate surface area is 137 Å². The van der Waals surface area contributed by atoms with Crippen LogP contribution in [0.4, 0.5) is 0 Å². The normalized spacial score (nSPS) is 12.7. The molecule has 4 nitrogen and oxygen atoms in total. The molecule has 0 unspecified atom stereocenters. The van der Waals surface area contributed by atoms with Gasteiger partial charge >= 0.3 is 0 Å². The third-order valence-electron chi connectivity index (χ3n) is 3.19. The molecule has 0 aliphatic heterocycles. The molecule has 0 aliphatic carbocycles. The number of nitrogens with zero attached hydrogens (tertiary/aromatic N) is 1. The van der Waals surface area contributed by atoms with E-state index in [9.17, 15) is 8.42 Å². The van der Waals surface area contributed by atoms with Crippen LogP contribution >= 0.6 is 23.2 Å². The molecule has 0 fully saturated rings. The summed E-state index contributed by atoms with van der Waals surface area (Å²) in [6, 6.07) is 3.16. The van der Waals surface area contributed by atoms with Crippen LogP contribution in [0.1, 0.15) is 33.3 Å². The van der Waals surface area contributed by atoms with E-state index in [0.29, 0.717) is 17.1 Å². The Balaban J connectivity index is 3.27. The average molecular weight is 353 g/mol. The summed E-state index contributed by atoms with van der Waals surface area (Å²) in [5.41, 5.74) is 0.713. The molecule has 0 radical (unpaired) electrons. The highest BCUT2D eigenvalue weighted by Gasteiger charge is 2.26. The van der Waals surface area contributed by atoms with Crippen LogP contribution in [-0.2, 0) is 16.6 Å². The molecule has 1 rings (SSSR count). The van der Waals surface area contributed by atoms with Gasteiger partial charge in [-0.1, -0.05) is 37.0 Å². The lowest BCUT2D eigenvalue weighted by Crippen LogP contribution is -2.33. The molecule has 0 aromatic heterocycles. The Bertz CT molecular complexity index is 601. The van der Waals surface area contributed by atoms with Crippen molar-refractivity contribution in [3.8, 4) is 0 Å². The molecule has 0 amide bonds. The molecule has 1 aromatic rings. The summed E-state index contributed by atoms with van der Waals surface area (Å²) in [6.45, 7) is 8.12. The summed E-state index contributed by atoms with van der Waals surface area (Å²) in [5, 5.41) is 3.81. The molecule has 0 heterocycles. The summed E-state index contributed by atoms with van der Waals surface area (Å²) in [6.07, 6.45) is 0. The van der Waals surface area contributed by atoms with Crippen LogP contribution in [0.25, 0.3) is 0 Å². The van der Waals surface area contributed by atoms with Gasteiger partial charge < -0.3 is 5.32 Å². The van der Waals surface area contributed by atoms with Gasteiger partial charge in [0.25, 0.3) is 0 Å². The molecule has 0 spiro atoms. The Morgan fingerprint density at radius 2 is 1.71 bits per heavy atom. The standard InChI is InChI=1S/C14H22Cl2N2O2S/c1-9(2)17-8-11-6-14(13(16)7-12(11)15)21(19,20)18(5)10(3)4/h6-7,9-10,17H,8H2,1-5H3. The van der Waals surface area contributed by atoms with Gasteiger partial charge in [0.05, 0.1) is 5.02 Å². The Morgan fingerprint density at radius 3 is 2.19 bits per heavy atom. The summed E-state index contributed by atoms with van der Waals surface area (Å²) >= 11 is 12.2. The third-order valence-corrected chi connectivity index (χ3v) is 6.04. The van der Waals surface area contributed by atoms with Crippen molar-refractivity contribution in [3.63, 3.8) is 0 Å². The monoisotopic (exact) mass is 352 g/mol. The van der Waals surface area contributed by atoms with Gasteiger partial charge in [-0.25, -0.2) is 8.42 Å². The van der Waals surface area contributed by atoms with Gasteiger partial charge in [-0.2, -0.15) is 4.31 Å². The predicted molar refractivity (Wildman–Crippen MR) is 88.5 cm³/mol.